The summed E-state index contributed by atoms with van der Waals surface area (Å²) in [6.07, 6.45) is -0.411. The second-order valence-electron chi connectivity index (χ2n) is 3.83. The van der Waals surface area contributed by atoms with Crippen LogP contribution in [0.3, 0.4) is 0 Å². The van der Waals surface area contributed by atoms with E-state index >= 15 is 0 Å². The summed E-state index contributed by atoms with van der Waals surface area (Å²) < 4.78 is 38.5. The minimum atomic E-state index is -4.10. The van der Waals surface area contributed by atoms with Gasteiger partial charge in [-0.1, -0.05) is 17.7 Å². The Morgan fingerprint density at radius 3 is 2.28 bits per heavy atom. The molecule has 0 bridgehead atoms. The summed E-state index contributed by atoms with van der Waals surface area (Å²) in [4.78, 5) is 17.2. The third-order valence-electron chi connectivity index (χ3n) is 2.14. The first-order valence-corrected chi connectivity index (χ1v) is 8.42. The van der Waals surface area contributed by atoms with Crippen molar-refractivity contribution in [2.45, 2.75) is 18.2 Å². The zero-order chi connectivity index (χ0) is 13.8. The molecule has 0 aliphatic heterocycles. The second kappa shape index (κ2) is 5.95. The van der Waals surface area contributed by atoms with Gasteiger partial charge in [0.1, 0.15) is 0 Å². The molecule has 6 nitrogen and oxygen atoms in total. The Balaban J connectivity index is 2.56. The lowest BCUT2D eigenvalue weighted by Gasteiger charge is -2.06. The van der Waals surface area contributed by atoms with Crippen molar-refractivity contribution in [1.29, 1.82) is 0 Å². The van der Waals surface area contributed by atoms with E-state index in [-0.39, 0.29) is 17.9 Å². The van der Waals surface area contributed by atoms with Crippen LogP contribution in [0.5, 0.6) is 0 Å². The smallest absolute Gasteiger partial charge is 0.324 e. The molecule has 1 aromatic rings. The zero-order valence-electron chi connectivity index (χ0n) is 9.81. The predicted molar refractivity (Wildman–Crippen MR) is 65.8 cm³/mol. The number of rotatable bonds is 6. The summed E-state index contributed by atoms with van der Waals surface area (Å²) >= 11 is 0. The molecule has 0 aromatic heterocycles. The molecule has 0 aliphatic rings. The van der Waals surface area contributed by atoms with Crippen LogP contribution in [0.2, 0.25) is 0 Å². The minimum absolute atomic E-state index is 0.0185. The summed E-state index contributed by atoms with van der Waals surface area (Å²) in [6, 6.07) is 6.14. The molecule has 0 radical (unpaired) electrons. The second-order valence-corrected chi connectivity index (χ2v) is 7.22. The fourth-order valence-electron chi connectivity index (χ4n) is 1.21. The normalized spacial score (nSPS) is 12.6. The molecule has 0 amide bonds. The van der Waals surface area contributed by atoms with Crippen LogP contribution in [0.4, 0.5) is 0 Å². The van der Waals surface area contributed by atoms with Crippen LogP contribution in [0.25, 0.3) is 0 Å². The van der Waals surface area contributed by atoms with E-state index in [9.17, 15) is 13.0 Å². The van der Waals surface area contributed by atoms with Gasteiger partial charge in [0.25, 0.3) is 10.1 Å². The summed E-state index contributed by atoms with van der Waals surface area (Å²) in [5.74, 6) is 0. The molecular formula is C10H15O6PS. The summed E-state index contributed by atoms with van der Waals surface area (Å²) in [7, 11) is -7.95. The van der Waals surface area contributed by atoms with Crippen molar-refractivity contribution in [1.82, 2.24) is 0 Å². The van der Waals surface area contributed by atoms with Gasteiger partial charge < -0.3 is 9.79 Å². The van der Waals surface area contributed by atoms with Gasteiger partial charge in [0.2, 0.25) is 0 Å². The van der Waals surface area contributed by atoms with E-state index in [1.54, 1.807) is 12.1 Å². The topological polar surface area (TPSA) is 101 Å². The van der Waals surface area contributed by atoms with Crippen LogP contribution >= 0.6 is 7.60 Å². The van der Waals surface area contributed by atoms with Crippen molar-refractivity contribution in [3.63, 3.8) is 0 Å². The number of benzene rings is 1. The average Bonchev–Trinajstić information content (AvgIpc) is 2.24. The van der Waals surface area contributed by atoms with E-state index in [1.165, 1.54) is 12.1 Å². The van der Waals surface area contributed by atoms with Crippen LogP contribution < -0.4 is 0 Å². The highest BCUT2D eigenvalue weighted by Crippen LogP contribution is 2.34. The van der Waals surface area contributed by atoms with E-state index in [1.807, 2.05) is 6.92 Å². The van der Waals surface area contributed by atoms with Crippen molar-refractivity contribution < 1.29 is 27.0 Å². The van der Waals surface area contributed by atoms with Crippen LogP contribution in [-0.4, -0.2) is 31.0 Å². The quantitative estimate of drug-likeness (QED) is 0.465. The number of aryl methyl sites for hydroxylation is 1. The largest absolute Gasteiger partial charge is 0.325 e. The Hall–Kier alpha value is -0.720. The lowest BCUT2D eigenvalue weighted by molar-refractivity contribution is 0.310. The fourth-order valence-corrected chi connectivity index (χ4v) is 2.70. The zero-order valence-corrected chi connectivity index (χ0v) is 11.5. The van der Waals surface area contributed by atoms with Gasteiger partial charge in [0.05, 0.1) is 17.7 Å². The molecule has 102 valence electrons. The van der Waals surface area contributed by atoms with E-state index < -0.39 is 23.9 Å². The molecule has 8 heteroatoms. The minimum Gasteiger partial charge on any atom is -0.324 e. The molecular weight excluding hydrogens is 279 g/mol. The molecule has 2 N–H and O–H groups in total. The fraction of sp³-hybridized carbons (Fsp3) is 0.400. The molecule has 0 atom stereocenters. The van der Waals surface area contributed by atoms with Crippen LogP contribution in [0.15, 0.2) is 29.2 Å². The Morgan fingerprint density at radius 1 is 1.22 bits per heavy atom. The first-order valence-electron chi connectivity index (χ1n) is 5.21. The van der Waals surface area contributed by atoms with Crippen molar-refractivity contribution in [3.05, 3.63) is 29.8 Å². The maximum absolute atomic E-state index is 11.7. The molecule has 0 unspecified atom stereocenters. The van der Waals surface area contributed by atoms with Gasteiger partial charge in [-0.25, -0.2) is 0 Å². The summed E-state index contributed by atoms with van der Waals surface area (Å²) in [5.41, 5.74) is 0.926. The summed E-state index contributed by atoms with van der Waals surface area (Å²) in [6.45, 7) is 1.58. The molecule has 0 saturated heterocycles. The molecule has 0 heterocycles. The molecule has 1 aromatic carbocycles. The van der Waals surface area contributed by atoms with Crippen LogP contribution in [0.1, 0.15) is 12.0 Å². The Kier molecular flexibility index (Phi) is 5.07. The van der Waals surface area contributed by atoms with Gasteiger partial charge in [-0.3, -0.25) is 8.75 Å². The third kappa shape index (κ3) is 5.29. The summed E-state index contributed by atoms with van der Waals surface area (Å²) in [5, 5.41) is 0. The molecule has 1 rings (SSSR count). The number of hydrogen-bond donors (Lipinski definition) is 2. The van der Waals surface area contributed by atoms with Gasteiger partial charge >= 0.3 is 7.60 Å². The van der Waals surface area contributed by atoms with E-state index in [4.69, 9.17) is 9.79 Å². The van der Waals surface area contributed by atoms with E-state index in [0.717, 1.165) is 5.56 Å². The first kappa shape index (κ1) is 15.3. The SMILES string of the molecule is Cc1ccc(S(=O)(=O)OCCCP(=O)(O)O)cc1. The maximum Gasteiger partial charge on any atom is 0.325 e. The monoisotopic (exact) mass is 294 g/mol. The van der Waals surface area contributed by atoms with Gasteiger partial charge in [0, 0.05) is 0 Å². The standard InChI is InChI=1S/C10H15O6PS/c1-9-3-5-10(6-4-9)18(14,15)16-7-2-8-17(11,12)13/h3-6H,2,7-8H2,1H3,(H2,11,12,13). The van der Waals surface area contributed by atoms with Crippen LogP contribution in [-0.2, 0) is 18.9 Å². The predicted octanol–water partition coefficient (Wildman–Crippen LogP) is 1.27. The van der Waals surface area contributed by atoms with Gasteiger partial charge in [0.15, 0.2) is 0 Å². The van der Waals surface area contributed by atoms with Crippen molar-refractivity contribution in [2.24, 2.45) is 0 Å². The molecule has 0 saturated carbocycles. The molecule has 18 heavy (non-hydrogen) atoms. The van der Waals surface area contributed by atoms with Gasteiger partial charge in [-0.2, -0.15) is 8.42 Å². The highest BCUT2D eigenvalue weighted by atomic mass is 32.2. The first-order chi connectivity index (χ1) is 8.21. The molecule has 0 aliphatic carbocycles. The van der Waals surface area contributed by atoms with E-state index in [0.29, 0.717) is 0 Å². The Morgan fingerprint density at radius 2 is 1.78 bits per heavy atom. The highest BCUT2D eigenvalue weighted by molar-refractivity contribution is 7.86. The Labute approximate surface area is 106 Å². The van der Waals surface area contributed by atoms with Gasteiger partial charge in [-0.05, 0) is 25.5 Å². The molecule has 0 fully saturated rings. The van der Waals surface area contributed by atoms with Crippen LogP contribution in [0, 0.1) is 6.92 Å². The van der Waals surface area contributed by atoms with E-state index in [2.05, 4.69) is 4.18 Å². The van der Waals surface area contributed by atoms with Gasteiger partial charge in [-0.15, -0.1) is 0 Å². The number of hydrogen-bond acceptors (Lipinski definition) is 4. The Bertz CT molecular complexity index is 530. The highest BCUT2D eigenvalue weighted by Gasteiger charge is 2.16. The lowest BCUT2D eigenvalue weighted by Crippen LogP contribution is -2.08. The lowest BCUT2D eigenvalue weighted by atomic mass is 10.2. The van der Waals surface area contributed by atoms with Crippen molar-refractivity contribution in [2.75, 3.05) is 12.8 Å². The van der Waals surface area contributed by atoms with Crippen molar-refractivity contribution in [3.8, 4) is 0 Å². The maximum atomic E-state index is 11.7. The van der Waals surface area contributed by atoms with Crippen molar-refractivity contribution >= 4 is 17.7 Å². The molecule has 0 spiro atoms. The average molecular weight is 294 g/mol. The third-order valence-corrected chi connectivity index (χ3v) is 4.37.